The van der Waals surface area contributed by atoms with Crippen LogP contribution in [0.5, 0.6) is 0 Å². The van der Waals surface area contributed by atoms with E-state index in [1.54, 1.807) is 0 Å². The lowest BCUT2D eigenvalue weighted by molar-refractivity contribution is -0.873. The number of ether oxygens (including phenoxy) is 4. The first-order valence-electron chi connectivity index (χ1n) is 17.0. The molecule has 0 fully saturated rings. The van der Waals surface area contributed by atoms with Crippen molar-refractivity contribution in [3.05, 3.63) is 0 Å². The SMILES string of the molecule is CCCCCCCCCC(OC(=O)NCCCC(=O)OCCCC)C(C[N+](C)(C)C)OC(=O)NCCCC(=O)OCCCC.[I-]. The fraction of sp³-hybridized carbons (Fsp3) is 0.879. The van der Waals surface area contributed by atoms with Crippen LogP contribution in [-0.4, -0.2) is 94.8 Å². The van der Waals surface area contributed by atoms with E-state index >= 15 is 0 Å². The predicted molar refractivity (Wildman–Crippen MR) is 172 cm³/mol. The van der Waals surface area contributed by atoms with Crippen LogP contribution in [0.4, 0.5) is 9.59 Å². The van der Waals surface area contributed by atoms with Crippen LogP contribution < -0.4 is 34.6 Å². The number of likely N-dealkylation sites (N-methyl/N-ethyl adjacent to an activating group) is 1. The maximum atomic E-state index is 12.8. The van der Waals surface area contributed by atoms with Crippen molar-refractivity contribution in [3.8, 4) is 0 Å². The molecule has 11 nitrogen and oxygen atoms in total. The third-order valence-electron chi connectivity index (χ3n) is 6.93. The number of nitrogens with zero attached hydrogens (tertiary/aromatic N) is 1. The van der Waals surface area contributed by atoms with Crippen molar-refractivity contribution in [2.75, 3.05) is 54.0 Å². The molecule has 0 aromatic heterocycles. The van der Waals surface area contributed by atoms with Gasteiger partial charge in [-0.2, -0.15) is 0 Å². The Morgan fingerprint density at radius 2 is 1.00 bits per heavy atom. The topological polar surface area (TPSA) is 129 Å². The minimum absolute atomic E-state index is 0. The van der Waals surface area contributed by atoms with Gasteiger partial charge in [0.15, 0.2) is 6.10 Å². The molecule has 0 heterocycles. The second-order valence-corrected chi connectivity index (χ2v) is 12.5. The maximum absolute atomic E-state index is 12.8. The summed E-state index contributed by atoms with van der Waals surface area (Å²) in [6, 6.07) is 0. The molecule has 0 aliphatic carbocycles. The van der Waals surface area contributed by atoms with Crippen LogP contribution in [0.25, 0.3) is 0 Å². The van der Waals surface area contributed by atoms with Gasteiger partial charge in [-0.1, -0.05) is 72.1 Å². The van der Waals surface area contributed by atoms with Crippen LogP contribution in [0.1, 0.15) is 124 Å². The number of unbranched alkanes of at least 4 members (excludes halogenated alkanes) is 8. The number of nitrogens with one attached hydrogen (secondary N) is 2. The number of carbonyl (C=O) groups excluding carboxylic acids is 4. The molecule has 2 atom stereocenters. The molecule has 0 bridgehead atoms. The average molecular weight is 758 g/mol. The van der Waals surface area contributed by atoms with Crippen LogP contribution in [0.2, 0.25) is 0 Å². The molecule has 12 heteroatoms. The fourth-order valence-electron chi connectivity index (χ4n) is 4.40. The zero-order chi connectivity index (χ0) is 33.1. The summed E-state index contributed by atoms with van der Waals surface area (Å²) in [5, 5.41) is 5.45. The standard InChI is InChI=1S/C33H63N3O8.HI/c1-7-10-13-14-15-16-17-20-28(43-32(39)34-23-18-21-30(37)41-25-11-8-2)29(27-36(4,5)6)44-33(40)35-24-19-22-31(38)42-26-12-9-3;/h28-29H,7-27H2,1-6H3,(H-,34,35,39,40);1H. The van der Waals surface area contributed by atoms with Crippen LogP contribution >= 0.6 is 0 Å². The van der Waals surface area contributed by atoms with Crippen molar-refractivity contribution in [1.29, 1.82) is 0 Å². The predicted octanol–water partition coefficient (Wildman–Crippen LogP) is 3.27. The Bertz CT molecular complexity index is 780. The third-order valence-corrected chi connectivity index (χ3v) is 6.93. The minimum atomic E-state index is -0.673. The Morgan fingerprint density at radius 1 is 0.578 bits per heavy atom. The van der Waals surface area contributed by atoms with E-state index in [0.717, 1.165) is 44.9 Å². The highest BCUT2D eigenvalue weighted by molar-refractivity contribution is 5.70. The second-order valence-electron chi connectivity index (χ2n) is 12.5. The molecule has 0 spiro atoms. The summed E-state index contributed by atoms with van der Waals surface area (Å²) in [4.78, 5) is 49.2. The Kier molecular flexibility index (Phi) is 29.8. The fourth-order valence-corrected chi connectivity index (χ4v) is 4.40. The molecule has 2 N–H and O–H groups in total. The van der Waals surface area contributed by atoms with Gasteiger partial charge in [-0.05, 0) is 38.5 Å². The lowest BCUT2D eigenvalue weighted by Gasteiger charge is -2.33. The van der Waals surface area contributed by atoms with E-state index in [4.69, 9.17) is 18.9 Å². The molecule has 2 amide bonds. The van der Waals surface area contributed by atoms with Crippen molar-refractivity contribution in [2.24, 2.45) is 0 Å². The molecule has 0 saturated carbocycles. The van der Waals surface area contributed by atoms with E-state index in [-0.39, 0.29) is 61.8 Å². The average Bonchev–Trinajstić information content (AvgIpc) is 2.95. The molecular weight excluding hydrogens is 693 g/mol. The number of halogens is 1. The third kappa shape index (κ3) is 29.3. The van der Waals surface area contributed by atoms with Gasteiger partial charge in [0.2, 0.25) is 0 Å². The molecular formula is C33H64IN3O8. The van der Waals surface area contributed by atoms with Crippen LogP contribution in [0.3, 0.4) is 0 Å². The molecule has 0 radical (unpaired) electrons. The van der Waals surface area contributed by atoms with Gasteiger partial charge >= 0.3 is 24.1 Å². The number of hydrogen-bond acceptors (Lipinski definition) is 8. The number of quaternary nitrogens is 1. The number of amides is 2. The summed E-state index contributed by atoms with van der Waals surface area (Å²) in [6.07, 6.45) is 10.7. The van der Waals surface area contributed by atoms with Gasteiger partial charge in [-0.15, -0.1) is 0 Å². The monoisotopic (exact) mass is 757 g/mol. The van der Waals surface area contributed by atoms with Gasteiger partial charge in [0.1, 0.15) is 12.6 Å². The van der Waals surface area contributed by atoms with Crippen molar-refractivity contribution < 1.29 is 66.6 Å². The molecule has 45 heavy (non-hydrogen) atoms. The summed E-state index contributed by atoms with van der Waals surface area (Å²) < 4.78 is 22.5. The van der Waals surface area contributed by atoms with Crippen molar-refractivity contribution >= 4 is 24.1 Å². The first-order chi connectivity index (χ1) is 21.0. The maximum Gasteiger partial charge on any atom is 0.407 e. The first kappa shape index (κ1) is 45.3. The lowest BCUT2D eigenvalue weighted by atomic mass is 10.0. The molecule has 266 valence electrons. The lowest BCUT2D eigenvalue weighted by Crippen LogP contribution is -3.00. The Balaban J connectivity index is 0. The summed E-state index contributed by atoms with van der Waals surface area (Å²) in [7, 11) is 5.97. The summed E-state index contributed by atoms with van der Waals surface area (Å²) in [5.74, 6) is -0.555. The number of alkyl carbamates (subject to hydrolysis) is 2. The second kappa shape index (κ2) is 29.6. The molecule has 0 saturated heterocycles. The Hall–Kier alpha value is -1.83. The summed E-state index contributed by atoms with van der Waals surface area (Å²) in [5.41, 5.74) is 0. The zero-order valence-corrected chi connectivity index (χ0v) is 31.3. The molecule has 0 aliphatic heterocycles. The molecule has 0 aromatic rings. The summed E-state index contributed by atoms with van der Waals surface area (Å²) in [6.45, 7) is 8.06. The van der Waals surface area contributed by atoms with E-state index in [9.17, 15) is 19.2 Å². The quantitative estimate of drug-likeness (QED) is 0.0430. The van der Waals surface area contributed by atoms with E-state index < -0.39 is 24.4 Å². The van der Waals surface area contributed by atoms with E-state index in [2.05, 4.69) is 17.6 Å². The van der Waals surface area contributed by atoms with Crippen molar-refractivity contribution in [1.82, 2.24) is 10.6 Å². The normalized spacial score (nSPS) is 12.3. The van der Waals surface area contributed by atoms with Crippen LogP contribution in [0.15, 0.2) is 0 Å². The van der Waals surface area contributed by atoms with Gasteiger partial charge in [0.05, 0.1) is 34.4 Å². The van der Waals surface area contributed by atoms with Crippen LogP contribution in [0, 0.1) is 0 Å². The summed E-state index contributed by atoms with van der Waals surface area (Å²) >= 11 is 0. The van der Waals surface area contributed by atoms with Gasteiger partial charge in [0.25, 0.3) is 0 Å². The highest BCUT2D eigenvalue weighted by Crippen LogP contribution is 2.18. The number of rotatable bonds is 27. The van der Waals surface area contributed by atoms with Crippen LogP contribution in [-0.2, 0) is 28.5 Å². The van der Waals surface area contributed by atoms with E-state index in [1.807, 2.05) is 35.0 Å². The molecule has 0 aliphatic rings. The highest BCUT2D eigenvalue weighted by atomic mass is 127. The Labute approximate surface area is 290 Å². The number of carbonyl (C=O) groups is 4. The Morgan fingerprint density at radius 3 is 1.44 bits per heavy atom. The number of esters is 2. The van der Waals surface area contributed by atoms with Crippen molar-refractivity contribution in [3.63, 3.8) is 0 Å². The first-order valence-corrected chi connectivity index (χ1v) is 17.0. The van der Waals surface area contributed by atoms with Gasteiger partial charge < -0.3 is 58.0 Å². The largest absolute Gasteiger partial charge is 1.00 e. The molecule has 2 unspecified atom stereocenters. The van der Waals surface area contributed by atoms with Gasteiger partial charge in [0, 0.05) is 25.9 Å². The van der Waals surface area contributed by atoms with Crippen molar-refractivity contribution in [2.45, 2.75) is 136 Å². The van der Waals surface area contributed by atoms with E-state index in [0.29, 0.717) is 43.5 Å². The highest BCUT2D eigenvalue weighted by Gasteiger charge is 2.33. The molecule has 0 aromatic carbocycles. The zero-order valence-electron chi connectivity index (χ0n) is 29.1. The smallest absolute Gasteiger partial charge is 0.407 e. The number of hydrogen-bond donors (Lipinski definition) is 2. The van der Waals surface area contributed by atoms with Gasteiger partial charge in [-0.25, -0.2) is 9.59 Å². The minimum Gasteiger partial charge on any atom is -1.00 e. The van der Waals surface area contributed by atoms with E-state index in [1.165, 1.54) is 25.7 Å². The van der Waals surface area contributed by atoms with Gasteiger partial charge in [-0.3, -0.25) is 9.59 Å². The molecule has 0 rings (SSSR count).